The fourth-order valence-electron chi connectivity index (χ4n) is 3.85. The van der Waals surface area contributed by atoms with E-state index in [0.29, 0.717) is 37.3 Å². The van der Waals surface area contributed by atoms with Crippen molar-refractivity contribution in [1.82, 2.24) is 10.2 Å². The van der Waals surface area contributed by atoms with Gasteiger partial charge in [-0.2, -0.15) is 0 Å². The summed E-state index contributed by atoms with van der Waals surface area (Å²) in [5, 5.41) is 2.82. The van der Waals surface area contributed by atoms with Crippen LogP contribution in [-0.4, -0.2) is 63.9 Å². The van der Waals surface area contributed by atoms with Gasteiger partial charge < -0.3 is 15.0 Å². The second-order valence-corrected chi connectivity index (χ2v) is 9.62. The lowest BCUT2D eigenvalue weighted by Crippen LogP contribution is -2.46. The first kappa shape index (κ1) is 20.8. The first-order valence-electron chi connectivity index (χ1n) is 10.3. The van der Waals surface area contributed by atoms with Crippen LogP contribution < -0.4 is 10.0 Å². The van der Waals surface area contributed by atoms with Crippen LogP contribution in [0.1, 0.15) is 23.2 Å². The van der Waals surface area contributed by atoms with E-state index < -0.39 is 15.3 Å². The van der Waals surface area contributed by atoms with Crippen molar-refractivity contribution in [1.29, 1.82) is 0 Å². The minimum absolute atomic E-state index is 0.0426. The fraction of sp³-hybridized carbons (Fsp3) is 0.409. The van der Waals surface area contributed by atoms with Gasteiger partial charge in [0.2, 0.25) is 10.0 Å². The number of hydrogen-bond donors (Lipinski definition) is 2. The van der Waals surface area contributed by atoms with Gasteiger partial charge in [0.25, 0.3) is 5.91 Å². The Balaban J connectivity index is 1.47. The van der Waals surface area contributed by atoms with Gasteiger partial charge in [0.05, 0.1) is 5.25 Å². The van der Waals surface area contributed by atoms with E-state index in [2.05, 4.69) is 10.0 Å². The predicted octanol–water partition coefficient (Wildman–Crippen LogP) is 2.32. The molecule has 2 aliphatic rings. The quantitative estimate of drug-likeness (QED) is 0.762. The molecule has 2 aromatic carbocycles. The van der Waals surface area contributed by atoms with Crippen LogP contribution in [0.25, 0.3) is 11.1 Å². The number of anilines is 1. The molecule has 0 aromatic heterocycles. The van der Waals surface area contributed by atoms with Crippen LogP contribution in [-0.2, 0) is 14.8 Å². The molecule has 4 rings (SSSR count). The SMILES string of the molecule is O=C(c1ccc(-c2cccc(NS(=O)(=O)C3CCOCC3)c2)cc1)N1CCNCC1. The van der Waals surface area contributed by atoms with Gasteiger partial charge in [0.1, 0.15) is 0 Å². The molecule has 160 valence electrons. The van der Waals surface area contributed by atoms with E-state index in [1.807, 2.05) is 47.4 Å². The molecular weight excluding hydrogens is 402 g/mol. The molecule has 0 atom stereocenters. The number of amides is 1. The largest absolute Gasteiger partial charge is 0.381 e. The Hall–Kier alpha value is -2.42. The molecule has 2 heterocycles. The van der Waals surface area contributed by atoms with Crippen molar-refractivity contribution in [2.45, 2.75) is 18.1 Å². The van der Waals surface area contributed by atoms with Crippen molar-refractivity contribution in [3.05, 3.63) is 54.1 Å². The van der Waals surface area contributed by atoms with Crippen molar-refractivity contribution in [3.8, 4) is 11.1 Å². The van der Waals surface area contributed by atoms with E-state index >= 15 is 0 Å². The summed E-state index contributed by atoms with van der Waals surface area (Å²) in [6, 6.07) is 14.8. The highest BCUT2D eigenvalue weighted by atomic mass is 32.2. The maximum atomic E-state index is 12.7. The van der Waals surface area contributed by atoms with Crippen LogP contribution in [0.5, 0.6) is 0 Å². The zero-order valence-corrected chi connectivity index (χ0v) is 17.7. The van der Waals surface area contributed by atoms with Gasteiger partial charge in [-0.1, -0.05) is 24.3 Å². The third-order valence-corrected chi connectivity index (χ3v) is 7.47. The number of sulfonamides is 1. The molecular formula is C22H27N3O4S. The number of nitrogens with zero attached hydrogens (tertiary/aromatic N) is 1. The summed E-state index contributed by atoms with van der Waals surface area (Å²) < 4.78 is 33.3. The van der Waals surface area contributed by atoms with Crippen molar-refractivity contribution >= 4 is 21.6 Å². The Morgan fingerprint density at radius 1 is 1.00 bits per heavy atom. The monoisotopic (exact) mass is 429 g/mol. The van der Waals surface area contributed by atoms with Crippen molar-refractivity contribution in [2.24, 2.45) is 0 Å². The zero-order chi connectivity index (χ0) is 21.0. The summed E-state index contributed by atoms with van der Waals surface area (Å²) in [7, 11) is -3.45. The van der Waals surface area contributed by atoms with Crippen molar-refractivity contribution in [3.63, 3.8) is 0 Å². The van der Waals surface area contributed by atoms with Crippen molar-refractivity contribution < 1.29 is 17.9 Å². The van der Waals surface area contributed by atoms with Crippen LogP contribution in [0.4, 0.5) is 5.69 Å². The lowest BCUT2D eigenvalue weighted by Gasteiger charge is -2.27. The Bertz CT molecular complexity index is 980. The molecule has 30 heavy (non-hydrogen) atoms. The van der Waals surface area contributed by atoms with E-state index in [4.69, 9.17) is 4.74 Å². The number of benzene rings is 2. The molecule has 1 amide bonds. The fourth-order valence-corrected chi connectivity index (χ4v) is 5.29. The molecule has 0 unspecified atom stereocenters. The van der Waals surface area contributed by atoms with Crippen LogP contribution in [0.2, 0.25) is 0 Å². The van der Waals surface area contributed by atoms with Crippen LogP contribution >= 0.6 is 0 Å². The molecule has 0 saturated carbocycles. The summed E-state index contributed by atoms with van der Waals surface area (Å²) in [4.78, 5) is 14.5. The Kier molecular flexibility index (Phi) is 6.36. The summed E-state index contributed by atoms with van der Waals surface area (Å²) in [5.74, 6) is 0.0426. The molecule has 2 N–H and O–H groups in total. The van der Waals surface area contributed by atoms with E-state index in [-0.39, 0.29) is 5.91 Å². The number of hydrogen-bond acceptors (Lipinski definition) is 5. The van der Waals surface area contributed by atoms with E-state index in [1.54, 1.807) is 6.07 Å². The van der Waals surface area contributed by atoms with Gasteiger partial charge in [-0.3, -0.25) is 9.52 Å². The smallest absolute Gasteiger partial charge is 0.253 e. The molecule has 0 aliphatic carbocycles. The lowest BCUT2D eigenvalue weighted by molar-refractivity contribution is 0.0736. The molecule has 2 aliphatic heterocycles. The van der Waals surface area contributed by atoms with Gasteiger partial charge in [0, 0.05) is 50.6 Å². The second kappa shape index (κ2) is 9.16. The average Bonchev–Trinajstić information content (AvgIpc) is 2.80. The van der Waals surface area contributed by atoms with Gasteiger partial charge in [-0.05, 0) is 48.2 Å². The van der Waals surface area contributed by atoms with Gasteiger partial charge in [-0.15, -0.1) is 0 Å². The number of piperazine rings is 1. The molecule has 2 saturated heterocycles. The first-order chi connectivity index (χ1) is 14.5. The molecule has 8 heteroatoms. The van der Waals surface area contributed by atoms with Crippen LogP contribution in [0.15, 0.2) is 48.5 Å². The molecule has 7 nitrogen and oxygen atoms in total. The minimum atomic E-state index is -3.45. The van der Waals surface area contributed by atoms with Gasteiger partial charge in [0.15, 0.2) is 0 Å². The van der Waals surface area contributed by atoms with E-state index in [0.717, 1.165) is 37.3 Å². The van der Waals surface area contributed by atoms with Crippen LogP contribution in [0, 0.1) is 0 Å². The Morgan fingerprint density at radius 3 is 2.40 bits per heavy atom. The third kappa shape index (κ3) is 4.83. The molecule has 0 radical (unpaired) electrons. The Labute approximate surface area is 177 Å². The summed E-state index contributed by atoms with van der Waals surface area (Å²) in [5.41, 5.74) is 3.03. The number of carbonyl (C=O) groups is 1. The van der Waals surface area contributed by atoms with Crippen LogP contribution in [0.3, 0.4) is 0 Å². The highest BCUT2D eigenvalue weighted by Crippen LogP contribution is 2.25. The number of carbonyl (C=O) groups excluding carboxylic acids is 1. The zero-order valence-electron chi connectivity index (χ0n) is 16.8. The second-order valence-electron chi connectivity index (χ2n) is 7.66. The normalized spacial score (nSPS) is 18.2. The third-order valence-electron chi connectivity index (χ3n) is 5.60. The van der Waals surface area contributed by atoms with Crippen molar-refractivity contribution in [2.75, 3.05) is 44.1 Å². The molecule has 0 spiro atoms. The standard InChI is InChI=1S/C22H27N3O4S/c26-22(25-12-10-23-11-13-25)18-6-4-17(5-7-18)19-2-1-3-20(16-19)24-30(27,28)21-8-14-29-15-9-21/h1-7,16,21,23-24H,8-15H2. The van der Waals surface area contributed by atoms with E-state index in [9.17, 15) is 13.2 Å². The summed E-state index contributed by atoms with van der Waals surface area (Å²) in [6.07, 6.45) is 1.02. The number of nitrogens with one attached hydrogen (secondary N) is 2. The predicted molar refractivity (Wildman–Crippen MR) is 117 cm³/mol. The summed E-state index contributed by atoms with van der Waals surface area (Å²) in [6.45, 7) is 4.03. The highest BCUT2D eigenvalue weighted by Gasteiger charge is 2.27. The highest BCUT2D eigenvalue weighted by molar-refractivity contribution is 7.93. The van der Waals surface area contributed by atoms with E-state index in [1.165, 1.54) is 0 Å². The summed E-state index contributed by atoms with van der Waals surface area (Å²) >= 11 is 0. The van der Waals surface area contributed by atoms with Gasteiger partial charge >= 0.3 is 0 Å². The Morgan fingerprint density at radius 2 is 1.70 bits per heavy atom. The molecule has 0 bridgehead atoms. The minimum Gasteiger partial charge on any atom is -0.381 e. The first-order valence-corrected chi connectivity index (χ1v) is 11.9. The average molecular weight is 430 g/mol. The molecule has 2 fully saturated rings. The van der Waals surface area contributed by atoms with Gasteiger partial charge in [-0.25, -0.2) is 8.42 Å². The molecule has 2 aromatic rings. The maximum Gasteiger partial charge on any atom is 0.253 e. The maximum absolute atomic E-state index is 12.7. The lowest BCUT2D eigenvalue weighted by atomic mass is 10.0. The topological polar surface area (TPSA) is 87.7 Å². The number of ether oxygens (including phenoxy) is 1. The number of rotatable bonds is 5.